The second-order valence-corrected chi connectivity index (χ2v) is 4.92. The van der Waals surface area contributed by atoms with Crippen LogP contribution < -0.4 is 5.73 Å². The van der Waals surface area contributed by atoms with E-state index in [9.17, 15) is 4.79 Å². The van der Waals surface area contributed by atoms with E-state index in [1.807, 2.05) is 12.1 Å². The number of Topliss-reactive ketones (excluding diaryl/α,β-unsaturated/α-hetero) is 1. The van der Waals surface area contributed by atoms with Crippen LogP contribution in [0.4, 0.5) is 0 Å². The lowest BCUT2D eigenvalue weighted by molar-refractivity contribution is -0.124. The van der Waals surface area contributed by atoms with E-state index >= 15 is 0 Å². The molecule has 0 heterocycles. The second kappa shape index (κ2) is 4.56. The highest BCUT2D eigenvalue weighted by atomic mass is 35.5. The van der Waals surface area contributed by atoms with Crippen LogP contribution >= 0.6 is 11.6 Å². The van der Waals surface area contributed by atoms with Crippen LogP contribution in [0.2, 0.25) is 5.02 Å². The summed E-state index contributed by atoms with van der Waals surface area (Å²) in [5.41, 5.74) is 8.05. The molecule has 0 fully saturated rings. The largest absolute Gasteiger partial charge is 0.322 e. The van der Waals surface area contributed by atoms with Gasteiger partial charge in [0.15, 0.2) is 5.78 Å². The average molecular weight is 238 g/mol. The van der Waals surface area contributed by atoms with Gasteiger partial charge < -0.3 is 5.73 Å². The predicted octanol–water partition coefficient (Wildman–Crippen LogP) is 2.36. The SMILES string of the molecule is C[C@@H](N)C(=O)C1CCc2c(Cl)cccc2C1. The molecule has 1 aromatic rings. The predicted molar refractivity (Wildman–Crippen MR) is 65.6 cm³/mol. The van der Waals surface area contributed by atoms with Crippen LogP contribution in [0.5, 0.6) is 0 Å². The molecule has 2 nitrogen and oxygen atoms in total. The van der Waals surface area contributed by atoms with Gasteiger partial charge in [-0.15, -0.1) is 0 Å². The van der Waals surface area contributed by atoms with E-state index in [4.69, 9.17) is 17.3 Å². The van der Waals surface area contributed by atoms with Gasteiger partial charge in [-0.1, -0.05) is 23.7 Å². The number of hydrogen-bond donors (Lipinski definition) is 1. The summed E-state index contributed by atoms with van der Waals surface area (Å²) in [6.07, 6.45) is 2.55. The molecular weight excluding hydrogens is 222 g/mol. The van der Waals surface area contributed by atoms with Crippen molar-refractivity contribution in [2.24, 2.45) is 11.7 Å². The molecule has 16 heavy (non-hydrogen) atoms. The molecule has 0 saturated carbocycles. The molecule has 3 heteroatoms. The van der Waals surface area contributed by atoms with Gasteiger partial charge in [0.05, 0.1) is 6.04 Å². The van der Waals surface area contributed by atoms with Crippen LogP contribution in [0.3, 0.4) is 0 Å². The van der Waals surface area contributed by atoms with Gasteiger partial charge in [0.25, 0.3) is 0 Å². The Morgan fingerprint density at radius 3 is 3.00 bits per heavy atom. The molecule has 0 bridgehead atoms. The summed E-state index contributed by atoms with van der Waals surface area (Å²) in [5, 5.41) is 0.823. The Hall–Kier alpha value is -0.860. The van der Waals surface area contributed by atoms with Gasteiger partial charge in [-0.2, -0.15) is 0 Å². The van der Waals surface area contributed by atoms with Crippen LogP contribution in [0.15, 0.2) is 18.2 Å². The first-order valence-electron chi connectivity index (χ1n) is 5.65. The maximum Gasteiger partial charge on any atom is 0.152 e. The number of fused-ring (bicyclic) bond motifs is 1. The van der Waals surface area contributed by atoms with E-state index < -0.39 is 0 Å². The van der Waals surface area contributed by atoms with Gasteiger partial charge in [-0.25, -0.2) is 0 Å². The van der Waals surface area contributed by atoms with E-state index in [0.717, 1.165) is 24.3 Å². The van der Waals surface area contributed by atoms with Crippen molar-refractivity contribution in [2.45, 2.75) is 32.2 Å². The first-order chi connectivity index (χ1) is 7.59. The normalized spacial score (nSPS) is 21.3. The zero-order valence-electron chi connectivity index (χ0n) is 9.37. The number of benzene rings is 1. The van der Waals surface area contributed by atoms with Gasteiger partial charge in [-0.05, 0) is 43.4 Å². The van der Waals surface area contributed by atoms with Gasteiger partial charge in [0.2, 0.25) is 0 Å². The average Bonchev–Trinajstić information content (AvgIpc) is 2.28. The number of ketones is 1. The Morgan fingerprint density at radius 2 is 2.31 bits per heavy atom. The second-order valence-electron chi connectivity index (χ2n) is 4.51. The van der Waals surface area contributed by atoms with Crippen LogP contribution in [0, 0.1) is 5.92 Å². The summed E-state index contributed by atoms with van der Waals surface area (Å²) in [7, 11) is 0. The van der Waals surface area contributed by atoms with Crippen molar-refractivity contribution in [1.82, 2.24) is 0 Å². The molecule has 1 aliphatic carbocycles. The molecule has 1 unspecified atom stereocenters. The molecule has 86 valence electrons. The lowest BCUT2D eigenvalue weighted by Gasteiger charge is -2.25. The Morgan fingerprint density at radius 1 is 1.56 bits per heavy atom. The van der Waals surface area contributed by atoms with E-state index in [2.05, 4.69) is 6.07 Å². The van der Waals surface area contributed by atoms with Crippen LogP contribution in [-0.4, -0.2) is 11.8 Å². The summed E-state index contributed by atoms with van der Waals surface area (Å²) in [4.78, 5) is 11.8. The topological polar surface area (TPSA) is 43.1 Å². The fourth-order valence-corrected chi connectivity index (χ4v) is 2.66. The van der Waals surface area contributed by atoms with Gasteiger partial charge in [0, 0.05) is 10.9 Å². The fraction of sp³-hybridized carbons (Fsp3) is 0.462. The molecule has 0 saturated heterocycles. The number of nitrogens with two attached hydrogens (primary N) is 1. The van der Waals surface area contributed by atoms with E-state index in [1.54, 1.807) is 6.92 Å². The van der Waals surface area contributed by atoms with Crippen LogP contribution in [0.25, 0.3) is 0 Å². The molecular formula is C13H16ClNO. The highest BCUT2D eigenvalue weighted by molar-refractivity contribution is 6.31. The quantitative estimate of drug-likeness (QED) is 0.858. The van der Waals surface area contributed by atoms with Gasteiger partial charge in [-0.3, -0.25) is 4.79 Å². The van der Waals surface area contributed by atoms with E-state index in [1.165, 1.54) is 11.1 Å². The Labute approximate surface area is 101 Å². The number of hydrogen-bond acceptors (Lipinski definition) is 2. The smallest absolute Gasteiger partial charge is 0.152 e. The highest BCUT2D eigenvalue weighted by Crippen LogP contribution is 2.31. The van der Waals surface area contributed by atoms with E-state index in [0.29, 0.717) is 0 Å². The fourth-order valence-electron chi connectivity index (χ4n) is 2.38. The summed E-state index contributed by atoms with van der Waals surface area (Å²) < 4.78 is 0. The van der Waals surface area contributed by atoms with Crippen molar-refractivity contribution < 1.29 is 4.79 Å². The molecule has 0 aliphatic heterocycles. The molecule has 1 aliphatic rings. The lowest BCUT2D eigenvalue weighted by atomic mass is 9.80. The maximum absolute atomic E-state index is 11.8. The van der Waals surface area contributed by atoms with Crippen molar-refractivity contribution in [3.8, 4) is 0 Å². The van der Waals surface area contributed by atoms with Gasteiger partial charge in [0.1, 0.15) is 0 Å². The summed E-state index contributed by atoms with van der Waals surface area (Å²) in [6.45, 7) is 1.76. The Bertz CT molecular complexity index is 414. The van der Waals surface area contributed by atoms with Crippen molar-refractivity contribution in [3.05, 3.63) is 34.3 Å². The molecule has 1 aromatic carbocycles. The number of halogens is 1. The van der Waals surface area contributed by atoms with Crippen molar-refractivity contribution in [3.63, 3.8) is 0 Å². The number of carbonyl (C=O) groups excluding carboxylic acids is 1. The Kier molecular flexibility index (Phi) is 3.31. The molecule has 2 rings (SSSR count). The van der Waals surface area contributed by atoms with Gasteiger partial charge >= 0.3 is 0 Å². The standard InChI is InChI=1S/C13H16ClNO/c1-8(15)13(16)10-5-6-11-9(7-10)3-2-4-12(11)14/h2-4,8,10H,5-7,15H2,1H3/t8-,10?/m1/s1. The number of carbonyl (C=O) groups is 1. The third kappa shape index (κ3) is 2.13. The monoisotopic (exact) mass is 237 g/mol. The maximum atomic E-state index is 11.8. The van der Waals surface area contributed by atoms with E-state index in [-0.39, 0.29) is 17.7 Å². The summed E-state index contributed by atoms with van der Waals surface area (Å²) in [6, 6.07) is 5.56. The zero-order chi connectivity index (χ0) is 11.7. The molecule has 0 spiro atoms. The minimum atomic E-state index is -0.356. The molecule has 2 N–H and O–H groups in total. The minimum Gasteiger partial charge on any atom is -0.322 e. The van der Waals surface area contributed by atoms with Crippen molar-refractivity contribution in [2.75, 3.05) is 0 Å². The first-order valence-corrected chi connectivity index (χ1v) is 6.03. The minimum absolute atomic E-state index is 0.0750. The molecule has 0 radical (unpaired) electrons. The van der Waals surface area contributed by atoms with Crippen LogP contribution in [-0.2, 0) is 17.6 Å². The Balaban J connectivity index is 2.21. The molecule has 2 atom stereocenters. The van der Waals surface area contributed by atoms with Crippen molar-refractivity contribution >= 4 is 17.4 Å². The first kappa shape index (κ1) is 11.6. The van der Waals surface area contributed by atoms with Crippen LogP contribution in [0.1, 0.15) is 24.5 Å². The highest BCUT2D eigenvalue weighted by Gasteiger charge is 2.27. The van der Waals surface area contributed by atoms with Crippen molar-refractivity contribution in [1.29, 1.82) is 0 Å². The molecule has 0 aromatic heterocycles. The number of rotatable bonds is 2. The lowest BCUT2D eigenvalue weighted by Crippen LogP contribution is -2.35. The zero-order valence-corrected chi connectivity index (χ0v) is 10.1. The summed E-state index contributed by atoms with van der Waals surface area (Å²) in [5.74, 6) is 0.247. The molecule has 0 amide bonds. The summed E-state index contributed by atoms with van der Waals surface area (Å²) >= 11 is 6.12. The third-order valence-corrected chi connectivity index (χ3v) is 3.63. The third-order valence-electron chi connectivity index (χ3n) is 3.28.